The molecule has 0 aliphatic carbocycles. The van der Waals surface area contributed by atoms with Gasteiger partial charge in [-0.3, -0.25) is 0 Å². The van der Waals surface area contributed by atoms with Gasteiger partial charge in [0.1, 0.15) is 0 Å². The zero-order valence-corrected chi connectivity index (χ0v) is 9.31. The first-order chi connectivity index (χ1) is 8.25. The summed E-state index contributed by atoms with van der Waals surface area (Å²) in [6.07, 6.45) is 2.23. The van der Waals surface area contributed by atoms with Crippen LogP contribution in [0.25, 0.3) is 0 Å². The summed E-state index contributed by atoms with van der Waals surface area (Å²) in [6.45, 7) is 0. The summed E-state index contributed by atoms with van der Waals surface area (Å²) in [5, 5.41) is 31.2. The second-order valence-electron chi connectivity index (χ2n) is 2.02. The fraction of sp³-hybridized carbons (Fsp3) is 0.111. The highest BCUT2D eigenvalue weighted by Gasteiger charge is 1.88. The van der Waals surface area contributed by atoms with Gasteiger partial charge in [0.25, 0.3) is 0 Å². The Morgan fingerprint density at radius 1 is 0.611 bits per heavy atom. The van der Waals surface area contributed by atoms with E-state index in [4.69, 9.17) is 20.4 Å². The third kappa shape index (κ3) is 37.7. The zero-order valence-electron chi connectivity index (χ0n) is 9.31. The number of rotatable bonds is 4. The van der Waals surface area contributed by atoms with Crippen molar-refractivity contribution in [3.8, 4) is 0 Å². The molecule has 0 radical (unpaired) electrons. The van der Waals surface area contributed by atoms with Crippen LogP contribution in [0.1, 0.15) is 0 Å². The Bertz CT molecular complexity index is 278. The lowest BCUT2D eigenvalue weighted by atomic mass is 10.5. The molecule has 0 fully saturated rings. The maximum atomic E-state index is 9.55. The molecule has 0 rings (SSSR count). The summed E-state index contributed by atoms with van der Waals surface area (Å²) in [7, 11) is 1.50. The fourth-order valence-electron chi connectivity index (χ4n) is 0.285. The zero-order chi connectivity index (χ0) is 15.1. The molecule has 18 heavy (non-hydrogen) atoms. The molecule has 102 valence electrons. The van der Waals surface area contributed by atoms with E-state index in [1.807, 2.05) is 0 Å². The van der Waals surface area contributed by atoms with Crippen molar-refractivity contribution < 1.29 is 39.6 Å². The Hall–Kier alpha value is -2.68. The summed E-state index contributed by atoms with van der Waals surface area (Å²) < 4.78 is 0. The lowest BCUT2D eigenvalue weighted by Crippen LogP contribution is -1.91. The van der Waals surface area contributed by atoms with E-state index in [1.165, 1.54) is 7.05 Å². The van der Waals surface area contributed by atoms with Crippen LogP contribution in [0.2, 0.25) is 0 Å². The van der Waals surface area contributed by atoms with Crippen molar-refractivity contribution >= 4 is 23.9 Å². The fourth-order valence-corrected chi connectivity index (χ4v) is 0.285. The summed E-state index contributed by atoms with van der Waals surface area (Å²) in [4.78, 5) is 38.2. The summed E-state index contributed by atoms with van der Waals surface area (Å²) >= 11 is 0. The first kappa shape index (κ1) is 20.7. The molecule has 0 atom stereocenters. The first-order valence-electron chi connectivity index (χ1n) is 4.11. The molecule has 0 aromatic heterocycles. The highest BCUT2D eigenvalue weighted by molar-refractivity contribution is 5.90. The molecule has 9 nitrogen and oxygen atoms in total. The van der Waals surface area contributed by atoms with Crippen LogP contribution >= 0.6 is 0 Å². The quantitative estimate of drug-likeness (QED) is 0.398. The molecule has 0 amide bonds. The number of hydrogen-bond acceptors (Lipinski definition) is 5. The first-order valence-corrected chi connectivity index (χ1v) is 4.11. The molecule has 0 spiro atoms. The number of aliphatic carboxylic acids is 4. The molecule has 0 bridgehead atoms. The smallest absolute Gasteiger partial charge is 0.328 e. The van der Waals surface area contributed by atoms with Gasteiger partial charge in [-0.05, 0) is 7.05 Å². The van der Waals surface area contributed by atoms with Crippen molar-refractivity contribution in [2.45, 2.75) is 0 Å². The molecule has 0 aliphatic rings. The van der Waals surface area contributed by atoms with Crippen molar-refractivity contribution in [2.24, 2.45) is 5.73 Å². The lowest BCUT2D eigenvalue weighted by molar-refractivity contribution is -0.134. The van der Waals surface area contributed by atoms with Gasteiger partial charge >= 0.3 is 23.9 Å². The van der Waals surface area contributed by atoms with E-state index in [0.717, 1.165) is 0 Å². The average molecular weight is 263 g/mol. The normalized spacial score (nSPS) is 8.78. The Balaban J connectivity index is -0.000000219. The van der Waals surface area contributed by atoms with Gasteiger partial charge in [-0.15, -0.1) is 0 Å². The largest absolute Gasteiger partial charge is 0.478 e. The van der Waals surface area contributed by atoms with E-state index >= 15 is 0 Å². The molecule has 0 saturated carbocycles. The maximum Gasteiger partial charge on any atom is 0.328 e. The number of nitrogens with two attached hydrogens (primary N) is 1. The molecule has 0 unspecified atom stereocenters. The van der Waals surface area contributed by atoms with E-state index in [0.29, 0.717) is 24.3 Å². The Morgan fingerprint density at radius 2 is 0.722 bits per heavy atom. The predicted molar refractivity (Wildman–Crippen MR) is 58.9 cm³/mol. The molecule has 0 saturated heterocycles. The average Bonchev–Trinajstić information content (AvgIpc) is 2.27. The van der Waals surface area contributed by atoms with Gasteiger partial charge in [-0.2, -0.15) is 0 Å². The second-order valence-corrected chi connectivity index (χ2v) is 2.02. The van der Waals surface area contributed by atoms with E-state index in [9.17, 15) is 19.2 Å². The van der Waals surface area contributed by atoms with Gasteiger partial charge < -0.3 is 26.2 Å². The van der Waals surface area contributed by atoms with E-state index in [1.54, 1.807) is 0 Å². The van der Waals surface area contributed by atoms with Gasteiger partial charge in [0.15, 0.2) is 0 Å². The van der Waals surface area contributed by atoms with Crippen molar-refractivity contribution in [3.63, 3.8) is 0 Å². The van der Waals surface area contributed by atoms with Gasteiger partial charge in [0, 0.05) is 24.3 Å². The Morgan fingerprint density at radius 3 is 0.778 bits per heavy atom. The van der Waals surface area contributed by atoms with Crippen molar-refractivity contribution in [3.05, 3.63) is 24.3 Å². The minimum Gasteiger partial charge on any atom is -0.478 e. The highest BCUT2D eigenvalue weighted by Crippen LogP contribution is 1.71. The van der Waals surface area contributed by atoms with E-state index in [-0.39, 0.29) is 0 Å². The van der Waals surface area contributed by atoms with Crippen LogP contribution in [-0.4, -0.2) is 51.4 Å². The lowest BCUT2D eigenvalue weighted by Gasteiger charge is -1.74. The molecule has 0 aromatic carbocycles. The predicted octanol–water partition coefficient (Wildman–Crippen LogP) is -1.00. The second kappa shape index (κ2) is 14.3. The van der Waals surface area contributed by atoms with Crippen LogP contribution in [0, 0.1) is 0 Å². The number of carboxylic acid groups (broad SMARTS) is 4. The van der Waals surface area contributed by atoms with Crippen LogP contribution in [0.3, 0.4) is 0 Å². The Labute approximate surface area is 101 Å². The van der Waals surface area contributed by atoms with E-state index in [2.05, 4.69) is 5.73 Å². The monoisotopic (exact) mass is 263 g/mol. The molecular weight excluding hydrogens is 250 g/mol. The van der Waals surface area contributed by atoms with Gasteiger partial charge in [-0.1, -0.05) is 0 Å². The molecule has 0 aromatic rings. The summed E-state index contributed by atoms with van der Waals surface area (Å²) in [5.74, 6) is -5.03. The molecule has 9 heteroatoms. The van der Waals surface area contributed by atoms with E-state index < -0.39 is 23.9 Å². The van der Waals surface area contributed by atoms with Crippen LogP contribution in [-0.2, 0) is 19.2 Å². The third-order valence-electron chi connectivity index (χ3n) is 0.737. The minimum absolute atomic E-state index is 0.558. The van der Waals surface area contributed by atoms with Crippen LogP contribution in [0.15, 0.2) is 24.3 Å². The van der Waals surface area contributed by atoms with Crippen molar-refractivity contribution in [2.75, 3.05) is 7.05 Å². The molecule has 0 aliphatic heterocycles. The van der Waals surface area contributed by atoms with Gasteiger partial charge in [0.05, 0.1) is 0 Å². The number of carbonyl (C=O) groups is 4. The topological polar surface area (TPSA) is 175 Å². The minimum atomic E-state index is -1.26. The molecule has 6 N–H and O–H groups in total. The van der Waals surface area contributed by atoms with Crippen LogP contribution in [0.4, 0.5) is 0 Å². The maximum absolute atomic E-state index is 9.55. The molecule has 0 heterocycles. The Kier molecular flexibility index (Phi) is 16.5. The standard InChI is InChI=1S/2C4H4O4.CH5N/c2*5-3(6)1-2-4(7)8;1-2/h2*1-2H,(H,5,6)(H,7,8);2H2,1H3/b2*2-1-;. The van der Waals surface area contributed by atoms with Crippen LogP contribution < -0.4 is 5.73 Å². The third-order valence-corrected chi connectivity index (χ3v) is 0.737. The van der Waals surface area contributed by atoms with Crippen LogP contribution in [0.5, 0.6) is 0 Å². The summed E-state index contributed by atoms with van der Waals surface area (Å²) in [5.41, 5.74) is 4.50. The highest BCUT2D eigenvalue weighted by atomic mass is 16.4. The van der Waals surface area contributed by atoms with Crippen molar-refractivity contribution in [1.29, 1.82) is 0 Å². The number of carboxylic acids is 4. The van der Waals surface area contributed by atoms with Gasteiger partial charge in [0.2, 0.25) is 0 Å². The van der Waals surface area contributed by atoms with Crippen molar-refractivity contribution in [1.82, 2.24) is 0 Å². The summed E-state index contributed by atoms with van der Waals surface area (Å²) in [6, 6.07) is 0. The molecular formula is C9H13NO8. The SMILES string of the molecule is CN.O=C(O)/C=C\C(=O)O.O=C(O)/C=C\C(=O)O. The number of hydrogen-bond donors (Lipinski definition) is 5. The van der Waals surface area contributed by atoms with Gasteiger partial charge in [-0.25, -0.2) is 19.2 Å².